The van der Waals surface area contributed by atoms with Crippen molar-refractivity contribution in [3.63, 3.8) is 0 Å². The third-order valence-electron chi connectivity index (χ3n) is 2.78. The molecule has 0 heterocycles. The van der Waals surface area contributed by atoms with Gasteiger partial charge in [0.15, 0.2) is 0 Å². The van der Waals surface area contributed by atoms with E-state index in [4.69, 9.17) is 0 Å². The lowest BCUT2D eigenvalue weighted by Crippen LogP contribution is -1.95. The number of rotatable bonds is 3. The fraction of sp³-hybridized carbons (Fsp3) is 0.417. The summed E-state index contributed by atoms with van der Waals surface area (Å²) in [5.74, 6) is 1.68. The maximum absolute atomic E-state index is 10.8. The highest BCUT2D eigenvalue weighted by molar-refractivity contribution is 5.46. The Morgan fingerprint density at radius 2 is 2.00 bits per heavy atom. The highest BCUT2D eigenvalue weighted by atomic mass is 16.6. The minimum absolute atomic E-state index is 0.218. The average Bonchev–Trinajstić information content (AvgIpc) is 3.00. The minimum atomic E-state index is -0.307. The summed E-state index contributed by atoms with van der Waals surface area (Å²) in [6.07, 6.45) is 2.34. The van der Waals surface area contributed by atoms with Crippen molar-refractivity contribution >= 4 is 5.69 Å². The molecule has 0 N–H and O–H groups in total. The van der Waals surface area contributed by atoms with Crippen molar-refractivity contribution < 1.29 is 4.92 Å². The zero-order valence-electron chi connectivity index (χ0n) is 8.99. The number of hydrogen-bond donors (Lipinski definition) is 0. The molecule has 0 aromatic heterocycles. The number of non-ortho nitro benzene ring substituents is 1. The quantitative estimate of drug-likeness (QED) is 0.559. The van der Waals surface area contributed by atoms with Crippen molar-refractivity contribution in [2.24, 2.45) is 0 Å². The zero-order chi connectivity index (χ0) is 11.0. The van der Waals surface area contributed by atoms with Gasteiger partial charge < -0.3 is 0 Å². The second-order valence-corrected chi connectivity index (χ2v) is 4.34. The Bertz CT molecular complexity index is 374. The van der Waals surface area contributed by atoms with E-state index in [2.05, 4.69) is 6.07 Å². The smallest absolute Gasteiger partial charge is 0.258 e. The van der Waals surface area contributed by atoms with Crippen LogP contribution in [0.1, 0.15) is 43.7 Å². The first-order valence-electron chi connectivity index (χ1n) is 5.18. The number of nitrogens with zero attached hydrogens (tertiary/aromatic N) is 1. The Kier molecular flexibility index (Phi) is 2.47. The molecule has 79 valence electrons. The lowest BCUT2D eigenvalue weighted by atomic mass is 9.98. The molecule has 0 atom stereocenters. The number of hydrogen-bond acceptors (Lipinski definition) is 2. The van der Waals surface area contributed by atoms with E-state index in [9.17, 15) is 10.1 Å². The van der Waals surface area contributed by atoms with E-state index in [0.717, 1.165) is 17.0 Å². The summed E-state index contributed by atoms with van der Waals surface area (Å²) in [7, 11) is 0. The van der Waals surface area contributed by atoms with Crippen LogP contribution in [0.4, 0.5) is 5.69 Å². The highest BCUT2D eigenvalue weighted by Gasteiger charge is 2.26. The normalized spacial score (nSPS) is 15.7. The van der Waals surface area contributed by atoms with Gasteiger partial charge in [0, 0.05) is 12.1 Å². The van der Waals surface area contributed by atoms with Crippen molar-refractivity contribution in [2.45, 2.75) is 32.6 Å². The van der Waals surface area contributed by atoms with E-state index < -0.39 is 0 Å². The van der Waals surface area contributed by atoms with Crippen LogP contribution in [0.3, 0.4) is 0 Å². The van der Waals surface area contributed by atoms with E-state index in [1.54, 1.807) is 12.1 Å². The molecule has 0 unspecified atom stereocenters. The van der Waals surface area contributed by atoms with Gasteiger partial charge in [-0.25, -0.2) is 0 Å². The van der Waals surface area contributed by atoms with Gasteiger partial charge in [0.05, 0.1) is 4.92 Å². The minimum Gasteiger partial charge on any atom is -0.258 e. The fourth-order valence-corrected chi connectivity index (χ4v) is 1.68. The van der Waals surface area contributed by atoms with Crippen LogP contribution in [0.2, 0.25) is 0 Å². The highest BCUT2D eigenvalue weighted by Crippen LogP contribution is 2.42. The first-order chi connectivity index (χ1) is 7.08. The van der Waals surface area contributed by atoms with Crippen molar-refractivity contribution in [1.82, 2.24) is 0 Å². The standard InChI is InChI=1S/C12H14NO2/c1-8(2)10-5-11(9-3-4-9)7-12(6-10)13(14)15/h5-7,9H,3-4H2,1-2H3. The van der Waals surface area contributed by atoms with Gasteiger partial charge in [-0.2, -0.15) is 0 Å². The molecule has 0 spiro atoms. The number of benzene rings is 1. The van der Waals surface area contributed by atoms with Crippen molar-refractivity contribution in [3.8, 4) is 0 Å². The van der Waals surface area contributed by atoms with Crippen molar-refractivity contribution in [3.05, 3.63) is 45.4 Å². The first-order valence-corrected chi connectivity index (χ1v) is 5.18. The molecule has 15 heavy (non-hydrogen) atoms. The van der Waals surface area contributed by atoms with Crippen molar-refractivity contribution in [2.75, 3.05) is 0 Å². The van der Waals surface area contributed by atoms with Crippen LogP contribution >= 0.6 is 0 Å². The van der Waals surface area contributed by atoms with Crippen LogP contribution < -0.4 is 0 Å². The van der Waals surface area contributed by atoms with Gasteiger partial charge in [-0.15, -0.1) is 0 Å². The molecular formula is C12H14NO2. The van der Waals surface area contributed by atoms with E-state index in [-0.39, 0.29) is 10.6 Å². The van der Waals surface area contributed by atoms with Gasteiger partial charge in [0.1, 0.15) is 0 Å². The van der Waals surface area contributed by atoms with Gasteiger partial charge in [0.25, 0.3) is 5.69 Å². The molecule has 1 aliphatic carbocycles. The lowest BCUT2D eigenvalue weighted by molar-refractivity contribution is -0.385. The summed E-state index contributed by atoms with van der Waals surface area (Å²) >= 11 is 0. The second kappa shape index (κ2) is 3.65. The van der Waals surface area contributed by atoms with Crippen LogP contribution in [-0.2, 0) is 0 Å². The number of nitro groups is 1. The maximum Gasteiger partial charge on any atom is 0.270 e. The van der Waals surface area contributed by atoms with Crippen LogP contribution in [0.25, 0.3) is 0 Å². The van der Waals surface area contributed by atoms with Gasteiger partial charge in [-0.3, -0.25) is 10.1 Å². The summed E-state index contributed by atoms with van der Waals surface area (Å²) in [4.78, 5) is 10.5. The van der Waals surface area contributed by atoms with E-state index in [1.165, 1.54) is 12.8 Å². The van der Waals surface area contributed by atoms with Gasteiger partial charge in [-0.05, 0) is 35.8 Å². The topological polar surface area (TPSA) is 43.1 Å². The van der Waals surface area contributed by atoms with Crippen molar-refractivity contribution in [1.29, 1.82) is 0 Å². The zero-order valence-corrected chi connectivity index (χ0v) is 8.99. The van der Waals surface area contributed by atoms with Crippen LogP contribution in [-0.4, -0.2) is 4.92 Å². The molecule has 0 amide bonds. The summed E-state index contributed by atoms with van der Waals surface area (Å²) in [5, 5.41) is 10.8. The molecule has 1 aromatic rings. The lowest BCUT2D eigenvalue weighted by Gasteiger charge is -2.07. The molecule has 2 rings (SSSR count). The number of nitro benzene ring substituents is 1. The predicted octanol–water partition coefficient (Wildman–Crippen LogP) is 3.43. The van der Waals surface area contributed by atoms with Gasteiger partial charge in [0.2, 0.25) is 0 Å². The Labute approximate surface area is 89.3 Å². The van der Waals surface area contributed by atoms with E-state index in [0.29, 0.717) is 5.92 Å². The van der Waals surface area contributed by atoms with Crippen LogP contribution in [0.15, 0.2) is 18.2 Å². The monoisotopic (exact) mass is 204 g/mol. The molecule has 3 heteroatoms. The van der Waals surface area contributed by atoms with E-state index in [1.807, 2.05) is 13.8 Å². The maximum atomic E-state index is 10.8. The molecule has 3 nitrogen and oxygen atoms in total. The largest absolute Gasteiger partial charge is 0.270 e. The Morgan fingerprint density at radius 1 is 1.33 bits per heavy atom. The SMILES string of the molecule is C[C](C)c1cc(C2CC2)cc([N+](=O)[O-])c1. The molecule has 0 saturated heterocycles. The van der Waals surface area contributed by atoms with E-state index >= 15 is 0 Å². The Balaban J connectivity index is 2.43. The average molecular weight is 204 g/mol. The Hall–Kier alpha value is -1.38. The first kappa shape index (κ1) is 10.1. The molecule has 1 radical (unpaired) electrons. The second-order valence-electron chi connectivity index (χ2n) is 4.34. The molecule has 1 fully saturated rings. The van der Waals surface area contributed by atoms with Crippen LogP contribution in [0, 0.1) is 16.0 Å². The molecule has 1 aromatic carbocycles. The third kappa shape index (κ3) is 2.17. The molecule has 0 aliphatic heterocycles. The van der Waals surface area contributed by atoms with Gasteiger partial charge >= 0.3 is 0 Å². The van der Waals surface area contributed by atoms with Gasteiger partial charge in [-0.1, -0.05) is 19.9 Å². The molecule has 1 saturated carbocycles. The summed E-state index contributed by atoms with van der Waals surface area (Å²) < 4.78 is 0. The Morgan fingerprint density at radius 3 is 2.47 bits per heavy atom. The summed E-state index contributed by atoms with van der Waals surface area (Å²) in [6.45, 7) is 3.96. The van der Waals surface area contributed by atoms with Crippen LogP contribution in [0.5, 0.6) is 0 Å². The molecular weight excluding hydrogens is 190 g/mol. The molecule has 1 aliphatic rings. The fourth-order valence-electron chi connectivity index (χ4n) is 1.68. The summed E-state index contributed by atoms with van der Waals surface area (Å²) in [6, 6.07) is 5.45. The predicted molar refractivity (Wildman–Crippen MR) is 58.8 cm³/mol. The summed E-state index contributed by atoms with van der Waals surface area (Å²) in [5.41, 5.74) is 2.34. The molecule has 0 bridgehead atoms. The third-order valence-corrected chi connectivity index (χ3v) is 2.78.